The van der Waals surface area contributed by atoms with Gasteiger partial charge in [-0.2, -0.15) is 0 Å². The summed E-state index contributed by atoms with van der Waals surface area (Å²) in [6.45, 7) is 13.9. The summed E-state index contributed by atoms with van der Waals surface area (Å²) in [7, 11) is 0. The van der Waals surface area contributed by atoms with Crippen molar-refractivity contribution >= 4 is 5.69 Å². The number of nitrogens with zero attached hydrogens (tertiary/aromatic N) is 1. The van der Waals surface area contributed by atoms with E-state index in [1.807, 2.05) is 18.2 Å². The maximum absolute atomic E-state index is 10.3. The number of aliphatic hydroxyl groups is 1. The third-order valence-corrected chi connectivity index (χ3v) is 3.67. The lowest BCUT2D eigenvalue weighted by atomic mass is 10.0. The van der Waals surface area contributed by atoms with E-state index in [1.165, 1.54) is 0 Å². The van der Waals surface area contributed by atoms with Gasteiger partial charge in [-0.3, -0.25) is 4.90 Å². The van der Waals surface area contributed by atoms with E-state index < -0.39 is 6.10 Å². The monoisotopic (exact) mass is 293 g/mol. The zero-order valence-electron chi connectivity index (χ0n) is 14.1. The standard InChI is InChI=1S/C17H31N3O/c1-6-20(7-2)12-14-10-13(8-9-15(14)18)16(21)11-19-17(3,4)5/h8-10,16,19,21H,6-7,11-12,18H2,1-5H3. The van der Waals surface area contributed by atoms with Crippen LogP contribution in [0.25, 0.3) is 0 Å². The molecule has 0 bridgehead atoms. The van der Waals surface area contributed by atoms with Gasteiger partial charge >= 0.3 is 0 Å². The van der Waals surface area contributed by atoms with Crippen LogP contribution in [0.2, 0.25) is 0 Å². The second-order valence-electron chi connectivity index (χ2n) is 6.57. The molecule has 21 heavy (non-hydrogen) atoms. The van der Waals surface area contributed by atoms with Gasteiger partial charge in [-0.15, -0.1) is 0 Å². The van der Waals surface area contributed by atoms with E-state index in [1.54, 1.807) is 0 Å². The molecule has 0 radical (unpaired) electrons. The minimum atomic E-state index is -0.514. The topological polar surface area (TPSA) is 61.5 Å². The molecule has 0 aliphatic rings. The average Bonchev–Trinajstić information content (AvgIpc) is 2.43. The van der Waals surface area contributed by atoms with E-state index >= 15 is 0 Å². The second-order valence-corrected chi connectivity index (χ2v) is 6.57. The fraction of sp³-hybridized carbons (Fsp3) is 0.647. The number of rotatable bonds is 7. The number of β-amino-alcohol motifs (C(OH)–C–C–N with tert-alkyl or cyclic N) is 1. The van der Waals surface area contributed by atoms with E-state index in [-0.39, 0.29) is 5.54 Å². The van der Waals surface area contributed by atoms with Crippen molar-refractivity contribution in [1.29, 1.82) is 0 Å². The number of nitrogen functional groups attached to an aromatic ring is 1. The van der Waals surface area contributed by atoms with E-state index in [4.69, 9.17) is 5.73 Å². The highest BCUT2D eigenvalue weighted by molar-refractivity contribution is 5.49. The van der Waals surface area contributed by atoms with Gasteiger partial charge in [0.1, 0.15) is 0 Å². The summed E-state index contributed by atoms with van der Waals surface area (Å²) < 4.78 is 0. The van der Waals surface area contributed by atoms with E-state index in [0.717, 1.165) is 36.4 Å². The minimum Gasteiger partial charge on any atom is -0.398 e. The average molecular weight is 293 g/mol. The van der Waals surface area contributed by atoms with Crippen LogP contribution in [0.1, 0.15) is 51.8 Å². The molecule has 0 aliphatic heterocycles. The molecule has 0 aromatic heterocycles. The maximum Gasteiger partial charge on any atom is 0.0914 e. The largest absolute Gasteiger partial charge is 0.398 e. The van der Waals surface area contributed by atoms with Crippen LogP contribution in [0.5, 0.6) is 0 Å². The second kappa shape index (κ2) is 7.78. The van der Waals surface area contributed by atoms with Crippen molar-refractivity contribution in [2.24, 2.45) is 0 Å². The van der Waals surface area contributed by atoms with Crippen LogP contribution in [-0.4, -0.2) is 35.2 Å². The van der Waals surface area contributed by atoms with Crippen LogP contribution < -0.4 is 11.1 Å². The molecule has 0 spiro atoms. The normalized spacial score (nSPS) is 13.7. The Kier molecular flexibility index (Phi) is 6.65. The van der Waals surface area contributed by atoms with Gasteiger partial charge in [0.2, 0.25) is 0 Å². The molecule has 0 amide bonds. The molecular formula is C17H31N3O. The van der Waals surface area contributed by atoms with Crippen LogP contribution in [0, 0.1) is 0 Å². The van der Waals surface area contributed by atoms with Gasteiger partial charge in [0.25, 0.3) is 0 Å². The molecule has 0 fully saturated rings. The molecule has 4 nitrogen and oxygen atoms in total. The number of aliphatic hydroxyl groups excluding tert-OH is 1. The molecular weight excluding hydrogens is 262 g/mol. The van der Waals surface area contributed by atoms with Crippen molar-refractivity contribution in [2.45, 2.75) is 52.8 Å². The summed E-state index contributed by atoms with van der Waals surface area (Å²) in [6, 6.07) is 5.84. The summed E-state index contributed by atoms with van der Waals surface area (Å²) in [5.41, 5.74) is 8.87. The fourth-order valence-corrected chi connectivity index (χ4v) is 2.18. The first-order valence-electron chi connectivity index (χ1n) is 7.80. The molecule has 4 heteroatoms. The highest BCUT2D eigenvalue weighted by Gasteiger charge is 2.15. The number of nitrogens with one attached hydrogen (secondary N) is 1. The molecule has 1 unspecified atom stereocenters. The van der Waals surface area contributed by atoms with Crippen molar-refractivity contribution in [1.82, 2.24) is 10.2 Å². The number of hydrogen-bond acceptors (Lipinski definition) is 4. The quantitative estimate of drug-likeness (QED) is 0.676. The summed E-state index contributed by atoms with van der Waals surface area (Å²) in [4.78, 5) is 2.31. The third-order valence-electron chi connectivity index (χ3n) is 3.67. The van der Waals surface area contributed by atoms with Crippen molar-refractivity contribution < 1.29 is 5.11 Å². The van der Waals surface area contributed by atoms with Gasteiger partial charge in [0, 0.05) is 24.3 Å². The minimum absolute atomic E-state index is 0.00115. The summed E-state index contributed by atoms with van der Waals surface area (Å²) in [6.07, 6.45) is -0.514. The summed E-state index contributed by atoms with van der Waals surface area (Å²) >= 11 is 0. The number of benzene rings is 1. The molecule has 0 heterocycles. The van der Waals surface area contributed by atoms with Crippen molar-refractivity contribution in [2.75, 3.05) is 25.4 Å². The molecule has 0 saturated heterocycles. The van der Waals surface area contributed by atoms with Crippen LogP contribution in [0.15, 0.2) is 18.2 Å². The van der Waals surface area contributed by atoms with Crippen LogP contribution in [0.4, 0.5) is 5.69 Å². The maximum atomic E-state index is 10.3. The number of hydrogen-bond donors (Lipinski definition) is 3. The Morgan fingerprint density at radius 3 is 2.38 bits per heavy atom. The lowest BCUT2D eigenvalue weighted by molar-refractivity contribution is 0.163. The number of anilines is 1. The molecule has 0 saturated carbocycles. The Labute approximate surface area is 129 Å². The lowest BCUT2D eigenvalue weighted by Gasteiger charge is -2.24. The Morgan fingerprint density at radius 2 is 1.86 bits per heavy atom. The lowest BCUT2D eigenvalue weighted by Crippen LogP contribution is -2.38. The highest BCUT2D eigenvalue weighted by atomic mass is 16.3. The molecule has 4 N–H and O–H groups in total. The molecule has 120 valence electrons. The highest BCUT2D eigenvalue weighted by Crippen LogP contribution is 2.21. The Morgan fingerprint density at radius 1 is 1.24 bits per heavy atom. The smallest absolute Gasteiger partial charge is 0.0914 e. The van der Waals surface area contributed by atoms with Gasteiger partial charge in [0.15, 0.2) is 0 Å². The van der Waals surface area contributed by atoms with E-state index in [2.05, 4.69) is 44.8 Å². The SMILES string of the molecule is CCN(CC)Cc1cc(C(O)CNC(C)(C)C)ccc1N. The first kappa shape index (κ1) is 18.0. The number of nitrogens with two attached hydrogens (primary N) is 1. The van der Waals surface area contributed by atoms with Gasteiger partial charge in [-0.05, 0) is 57.1 Å². The van der Waals surface area contributed by atoms with Crippen molar-refractivity contribution in [3.63, 3.8) is 0 Å². The fourth-order valence-electron chi connectivity index (χ4n) is 2.18. The Hall–Kier alpha value is -1.10. The predicted octanol–water partition coefficient (Wildman–Crippen LogP) is 2.53. The zero-order valence-corrected chi connectivity index (χ0v) is 14.1. The van der Waals surface area contributed by atoms with Gasteiger partial charge < -0.3 is 16.2 Å². The summed E-state index contributed by atoms with van der Waals surface area (Å²) in [5.74, 6) is 0. The van der Waals surface area contributed by atoms with Crippen molar-refractivity contribution in [3.05, 3.63) is 29.3 Å². The predicted molar refractivity (Wildman–Crippen MR) is 90.2 cm³/mol. The van der Waals surface area contributed by atoms with E-state index in [9.17, 15) is 5.11 Å². The summed E-state index contributed by atoms with van der Waals surface area (Å²) in [5, 5.41) is 13.7. The first-order chi connectivity index (χ1) is 9.76. The van der Waals surface area contributed by atoms with Gasteiger partial charge in [-0.1, -0.05) is 19.9 Å². The van der Waals surface area contributed by atoms with E-state index in [0.29, 0.717) is 6.54 Å². The molecule has 0 aliphatic carbocycles. The zero-order chi connectivity index (χ0) is 16.0. The molecule has 1 atom stereocenters. The Balaban J connectivity index is 2.80. The first-order valence-corrected chi connectivity index (χ1v) is 7.80. The van der Waals surface area contributed by atoms with Gasteiger partial charge in [-0.25, -0.2) is 0 Å². The molecule has 1 rings (SSSR count). The Bertz CT molecular complexity index is 436. The van der Waals surface area contributed by atoms with Crippen LogP contribution in [0.3, 0.4) is 0 Å². The van der Waals surface area contributed by atoms with Crippen LogP contribution in [-0.2, 0) is 6.54 Å². The van der Waals surface area contributed by atoms with Crippen LogP contribution >= 0.6 is 0 Å². The van der Waals surface area contributed by atoms with Gasteiger partial charge in [0.05, 0.1) is 6.10 Å². The molecule has 1 aromatic carbocycles. The molecule has 1 aromatic rings. The van der Waals surface area contributed by atoms with Crippen molar-refractivity contribution in [3.8, 4) is 0 Å². The third kappa shape index (κ3) is 6.04.